The van der Waals surface area contributed by atoms with Crippen LogP contribution in [0.15, 0.2) is 24.3 Å². The molecule has 0 radical (unpaired) electrons. The van der Waals surface area contributed by atoms with E-state index in [1.54, 1.807) is 0 Å². The molecule has 0 bridgehead atoms. The lowest BCUT2D eigenvalue weighted by Gasteiger charge is -2.31. The van der Waals surface area contributed by atoms with Crippen molar-refractivity contribution < 1.29 is 4.74 Å². The standard InChI is InChI=1S/C15H24N2O/c1-2-13-7-9-17(10-8-13)11-12-18-15-5-3-14(16)4-6-15/h3-6,13H,2,7-12,16H2,1H3. The molecule has 0 unspecified atom stereocenters. The van der Waals surface area contributed by atoms with Gasteiger partial charge >= 0.3 is 0 Å². The van der Waals surface area contributed by atoms with E-state index < -0.39 is 0 Å². The minimum Gasteiger partial charge on any atom is -0.492 e. The lowest BCUT2D eigenvalue weighted by molar-refractivity contribution is 0.153. The topological polar surface area (TPSA) is 38.5 Å². The van der Waals surface area contributed by atoms with Crippen molar-refractivity contribution in [2.24, 2.45) is 5.92 Å². The van der Waals surface area contributed by atoms with Crippen LogP contribution < -0.4 is 10.5 Å². The molecule has 100 valence electrons. The lowest BCUT2D eigenvalue weighted by Crippen LogP contribution is -2.36. The Balaban J connectivity index is 1.65. The molecule has 1 heterocycles. The number of nitrogen functional groups attached to an aromatic ring is 1. The van der Waals surface area contributed by atoms with Gasteiger partial charge in [0.25, 0.3) is 0 Å². The van der Waals surface area contributed by atoms with Crippen molar-refractivity contribution in [3.8, 4) is 5.75 Å². The summed E-state index contributed by atoms with van der Waals surface area (Å²) in [4.78, 5) is 2.50. The maximum atomic E-state index is 5.72. The summed E-state index contributed by atoms with van der Waals surface area (Å²) in [7, 11) is 0. The van der Waals surface area contributed by atoms with Gasteiger partial charge in [-0.05, 0) is 56.1 Å². The second-order valence-electron chi connectivity index (χ2n) is 5.11. The fourth-order valence-corrected chi connectivity index (χ4v) is 2.47. The van der Waals surface area contributed by atoms with Crippen molar-refractivity contribution in [1.29, 1.82) is 0 Å². The van der Waals surface area contributed by atoms with Gasteiger partial charge in [0.05, 0.1) is 0 Å². The zero-order valence-corrected chi connectivity index (χ0v) is 11.3. The van der Waals surface area contributed by atoms with E-state index in [0.717, 1.165) is 30.5 Å². The minimum atomic E-state index is 0.765. The molecule has 1 aliphatic rings. The number of anilines is 1. The second-order valence-corrected chi connectivity index (χ2v) is 5.11. The van der Waals surface area contributed by atoms with E-state index in [9.17, 15) is 0 Å². The number of likely N-dealkylation sites (tertiary alicyclic amines) is 1. The first-order valence-corrected chi connectivity index (χ1v) is 6.98. The maximum absolute atomic E-state index is 5.72. The molecule has 0 aromatic heterocycles. The molecule has 0 atom stereocenters. The van der Waals surface area contributed by atoms with Gasteiger partial charge in [-0.3, -0.25) is 4.90 Å². The number of hydrogen-bond acceptors (Lipinski definition) is 3. The van der Waals surface area contributed by atoms with Crippen molar-refractivity contribution >= 4 is 5.69 Å². The molecule has 2 N–H and O–H groups in total. The predicted molar refractivity (Wildman–Crippen MR) is 75.8 cm³/mol. The highest BCUT2D eigenvalue weighted by molar-refractivity contribution is 5.41. The fourth-order valence-electron chi connectivity index (χ4n) is 2.47. The fraction of sp³-hybridized carbons (Fsp3) is 0.600. The van der Waals surface area contributed by atoms with Crippen LogP contribution in [0.25, 0.3) is 0 Å². The van der Waals surface area contributed by atoms with Crippen LogP contribution in [0, 0.1) is 5.92 Å². The van der Waals surface area contributed by atoms with Gasteiger partial charge in [-0.2, -0.15) is 0 Å². The van der Waals surface area contributed by atoms with E-state index in [1.165, 1.54) is 32.4 Å². The van der Waals surface area contributed by atoms with E-state index in [0.29, 0.717) is 0 Å². The van der Waals surface area contributed by atoms with Gasteiger partial charge in [-0.15, -0.1) is 0 Å². The zero-order chi connectivity index (χ0) is 12.8. The van der Waals surface area contributed by atoms with Gasteiger partial charge in [0.2, 0.25) is 0 Å². The molecule has 0 aliphatic carbocycles. The normalized spacial score (nSPS) is 17.8. The van der Waals surface area contributed by atoms with E-state index in [-0.39, 0.29) is 0 Å². The SMILES string of the molecule is CCC1CCN(CCOc2ccc(N)cc2)CC1. The molecule has 1 saturated heterocycles. The molecule has 0 saturated carbocycles. The summed E-state index contributed by atoms with van der Waals surface area (Å²) < 4.78 is 5.72. The number of benzene rings is 1. The molecule has 0 amide bonds. The van der Waals surface area contributed by atoms with Gasteiger partial charge in [-0.1, -0.05) is 13.3 Å². The van der Waals surface area contributed by atoms with Crippen molar-refractivity contribution in [2.75, 3.05) is 32.0 Å². The number of piperidine rings is 1. The summed E-state index contributed by atoms with van der Waals surface area (Å²) in [5.74, 6) is 1.85. The summed E-state index contributed by atoms with van der Waals surface area (Å²) in [5.41, 5.74) is 6.42. The average molecular weight is 248 g/mol. The van der Waals surface area contributed by atoms with Crippen LogP contribution in [0.5, 0.6) is 5.75 Å². The van der Waals surface area contributed by atoms with Gasteiger partial charge < -0.3 is 10.5 Å². The Morgan fingerprint density at radius 1 is 1.22 bits per heavy atom. The Morgan fingerprint density at radius 2 is 1.89 bits per heavy atom. The van der Waals surface area contributed by atoms with Crippen LogP contribution in [-0.4, -0.2) is 31.1 Å². The smallest absolute Gasteiger partial charge is 0.119 e. The Hall–Kier alpha value is -1.22. The molecular formula is C15H24N2O. The van der Waals surface area contributed by atoms with Gasteiger partial charge in [-0.25, -0.2) is 0 Å². The summed E-state index contributed by atoms with van der Waals surface area (Å²) in [6.45, 7) is 6.54. The number of hydrogen-bond donors (Lipinski definition) is 1. The molecule has 18 heavy (non-hydrogen) atoms. The van der Waals surface area contributed by atoms with E-state index >= 15 is 0 Å². The molecule has 2 rings (SSSR count). The highest BCUT2D eigenvalue weighted by atomic mass is 16.5. The van der Waals surface area contributed by atoms with Crippen LogP contribution in [0.1, 0.15) is 26.2 Å². The van der Waals surface area contributed by atoms with Crippen LogP contribution in [0.3, 0.4) is 0 Å². The largest absolute Gasteiger partial charge is 0.492 e. The Bertz CT molecular complexity index is 342. The zero-order valence-electron chi connectivity index (χ0n) is 11.3. The number of nitrogens with zero attached hydrogens (tertiary/aromatic N) is 1. The van der Waals surface area contributed by atoms with Gasteiger partial charge in [0.1, 0.15) is 12.4 Å². The van der Waals surface area contributed by atoms with Crippen LogP contribution in [0.2, 0.25) is 0 Å². The maximum Gasteiger partial charge on any atom is 0.119 e. The quantitative estimate of drug-likeness (QED) is 0.814. The first kappa shape index (κ1) is 13.2. The molecule has 0 spiro atoms. The third-order valence-corrected chi connectivity index (χ3v) is 3.84. The third-order valence-electron chi connectivity index (χ3n) is 3.84. The highest BCUT2D eigenvalue weighted by Gasteiger charge is 2.17. The molecule has 1 aliphatic heterocycles. The highest BCUT2D eigenvalue weighted by Crippen LogP contribution is 2.19. The average Bonchev–Trinajstić information content (AvgIpc) is 2.42. The van der Waals surface area contributed by atoms with Crippen molar-refractivity contribution in [2.45, 2.75) is 26.2 Å². The van der Waals surface area contributed by atoms with Crippen LogP contribution >= 0.6 is 0 Å². The molecular weight excluding hydrogens is 224 g/mol. The van der Waals surface area contributed by atoms with Gasteiger partial charge in [0, 0.05) is 12.2 Å². The van der Waals surface area contributed by atoms with Crippen molar-refractivity contribution in [3.05, 3.63) is 24.3 Å². The summed E-state index contributed by atoms with van der Waals surface area (Å²) >= 11 is 0. The molecule has 3 nitrogen and oxygen atoms in total. The summed E-state index contributed by atoms with van der Waals surface area (Å²) in [6.07, 6.45) is 4.02. The van der Waals surface area contributed by atoms with E-state index in [2.05, 4.69) is 11.8 Å². The monoisotopic (exact) mass is 248 g/mol. The minimum absolute atomic E-state index is 0.765. The number of nitrogens with two attached hydrogens (primary N) is 1. The van der Waals surface area contributed by atoms with E-state index in [4.69, 9.17) is 10.5 Å². The van der Waals surface area contributed by atoms with Crippen molar-refractivity contribution in [3.63, 3.8) is 0 Å². The Labute approximate surface area is 110 Å². The summed E-state index contributed by atoms with van der Waals surface area (Å²) in [6, 6.07) is 7.61. The first-order chi connectivity index (χ1) is 8.78. The second kappa shape index (κ2) is 6.64. The molecule has 3 heteroatoms. The molecule has 1 fully saturated rings. The van der Waals surface area contributed by atoms with Crippen LogP contribution in [-0.2, 0) is 0 Å². The van der Waals surface area contributed by atoms with Gasteiger partial charge in [0.15, 0.2) is 0 Å². The molecule has 1 aromatic rings. The number of rotatable bonds is 5. The van der Waals surface area contributed by atoms with Crippen LogP contribution in [0.4, 0.5) is 5.69 Å². The van der Waals surface area contributed by atoms with Crippen molar-refractivity contribution in [1.82, 2.24) is 4.90 Å². The Morgan fingerprint density at radius 3 is 2.50 bits per heavy atom. The third kappa shape index (κ3) is 3.91. The number of ether oxygens (including phenoxy) is 1. The predicted octanol–water partition coefficient (Wildman–Crippen LogP) is 2.77. The van der Waals surface area contributed by atoms with E-state index in [1.807, 2.05) is 24.3 Å². The first-order valence-electron chi connectivity index (χ1n) is 6.98. The lowest BCUT2D eigenvalue weighted by atomic mass is 9.94. The summed E-state index contributed by atoms with van der Waals surface area (Å²) in [5, 5.41) is 0. The molecule has 1 aromatic carbocycles. The Kier molecular flexibility index (Phi) is 4.88.